The lowest BCUT2D eigenvalue weighted by atomic mass is 9.99. The zero-order valence-electron chi connectivity index (χ0n) is 26.6. The summed E-state index contributed by atoms with van der Waals surface area (Å²) in [6.45, 7) is 4.62. The minimum Gasteiger partial charge on any atom is -0.368 e. The zero-order chi connectivity index (χ0) is 33.2. The minimum absolute atomic E-state index is 0.141. The van der Waals surface area contributed by atoms with Gasteiger partial charge >= 0.3 is 0 Å². The van der Waals surface area contributed by atoms with E-state index in [4.69, 9.17) is 17.2 Å². The van der Waals surface area contributed by atoms with E-state index >= 15 is 0 Å². The lowest BCUT2D eigenvalue weighted by Crippen LogP contribution is -2.57. The van der Waals surface area contributed by atoms with Crippen molar-refractivity contribution in [1.82, 2.24) is 25.9 Å². The number of aryl methyl sites for hydroxylation is 2. The molecule has 0 aliphatic heterocycles. The van der Waals surface area contributed by atoms with Gasteiger partial charge in [-0.2, -0.15) is 0 Å². The number of hydrogen-bond donors (Lipinski definition) is 8. The highest BCUT2D eigenvalue weighted by Gasteiger charge is 2.31. The summed E-state index contributed by atoms with van der Waals surface area (Å²) in [5, 5.41) is 10.4. The van der Waals surface area contributed by atoms with Crippen molar-refractivity contribution in [1.29, 1.82) is 0 Å². The van der Waals surface area contributed by atoms with Crippen LogP contribution in [-0.2, 0) is 32.0 Å². The number of H-pyrrole nitrogens is 2. The first kappa shape index (κ1) is 34.2. The van der Waals surface area contributed by atoms with Crippen LogP contribution in [0.3, 0.4) is 0 Å². The Morgan fingerprint density at radius 3 is 1.65 bits per heavy atom. The van der Waals surface area contributed by atoms with E-state index in [1.165, 1.54) is 0 Å². The van der Waals surface area contributed by atoms with Crippen LogP contribution in [-0.4, -0.2) is 64.8 Å². The second kappa shape index (κ2) is 16.1. The van der Waals surface area contributed by atoms with Gasteiger partial charge in [0.1, 0.15) is 18.1 Å². The number of fused-ring (bicyclic) bond motifs is 2. The highest BCUT2D eigenvalue weighted by Crippen LogP contribution is 2.25. The third-order valence-corrected chi connectivity index (χ3v) is 8.37. The third kappa shape index (κ3) is 8.52. The largest absolute Gasteiger partial charge is 0.368 e. The molecule has 0 aliphatic carbocycles. The van der Waals surface area contributed by atoms with Gasteiger partial charge in [-0.3, -0.25) is 19.2 Å². The summed E-state index contributed by atoms with van der Waals surface area (Å²) in [5.74, 6) is -2.06. The topological polar surface area (TPSA) is 214 Å². The summed E-state index contributed by atoms with van der Waals surface area (Å²) < 4.78 is 0. The van der Waals surface area contributed by atoms with Gasteiger partial charge in [-0.05, 0) is 75.9 Å². The van der Waals surface area contributed by atoms with Crippen LogP contribution in [0.1, 0.15) is 54.6 Å². The van der Waals surface area contributed by atoms with Gasteiger partial charge < -0.3 is 43.1 Å². The molecule has 12 nitrogen and oxygen atoms in total. The number of nitrogens with one attached hydrogen (secondary N) is 5. The molecule has 12 heteroatoms. The summed E-state index contributed by atoms with van der Waals surface area (Å²) in [6, 6.07) is 12.5. The molecule has 0 spiro atoms. The van der Waals surface area contributed by atoms with Crippen molar-refractivity contribution >= 4 is 45.4 Å². The molecule has 0 radical (unpaired) electrons. The SMILES string of the molecule is Cc1[nH]c2ccccc2c1C[C@@H](NC(=O)CCCN)C(=O)N[C@H](Cc1c(C)[nH]c2ccccc12)C(=O)N[C@@H](CCCCN)C(N)=O. The average Bonchev–Trinajstić information content (AvgIpc) is 3.52. The number of rotatable bonds is 17. The lowest BCUT2D eigenvalue weighted by Gasteiger charge is -2.25. The molecule has 246 valence electrons. The Hall–Kier alpha value is -4.68. The highest BCUT2D eigenvalue weighted by molar-refractivity contribution is 5.95. The fraction of sp³-hybridized carbons (Fsp3) is 0.412. The predicted octanol–water partition coefficient (Wildman–Crippen LogP) is 1.86. The first-order chi connectivity index (χ1) is 22.1. The number of benzene rings is 2. The third-order valence-electron chi connectivity index (χ3n) is 8.37. The van der Waals surface area contributed by atoms with E-state index in [2.05, 4.69) is 25.9 Å². The van der Waals surface area contributed by atoms with Crippen molar-refractivity contribution in [2.75, 3.05) is 13.1 Å². The highest BCUT2D eigenvalue weighted by atomic mass is 16.2. The number of aromatic amines is 2. The molecule has 2 aromatic carbocycles. The molecule has 46 heavy (non-hydrogen) atoms. The maximum absolute atomic E-state index is 14.1. The Bertz CT molecular complexity index is 1680. The number of unbranched alkanes of at least 4 members (excludes halogenated alkanes) is 1. The number of nitrogens with two attached hydrogens (primary N) is 3. The van der Waals surface area contributed by atoms with Gasteiger partial charge in [0, 0.05) is 52.5 Å². The number of para-hydroxylation sites is 2. The maximum atomic E-state index is 14.1. The second-order valence-electron chi connectivity index (χ2n) is 11.8. The van der Waals surface area contributed by atoms with Gasteiger partial charge in [0.15, 0.2) is 0 Å². The van der Waals surface area contributed by atoms with Crippen molar-refractivity contribution in [3.63, 3.8) is 0 Å². The maximum Gasteiger partial charge on any atom is 0.243 e. The fourth-order valence-corrected chi connectivity index (χ4v) is 5.87. The van der Waals surface area contributed by atoms with Crippen LogP contribution in [0.4, 0.5) is 0 Å². The Balaban J connectivity index is 1.66. The molecule has 4 amide bonds. The van der Waals surface area contributed by atoms with Crippen molar-refractivity contribution in [2.24, 2.45) is 17.2 Å². The van der Waals surface area contributed by atoms with Crippen molar-refractivity contribution in [3.05, 3.63) is 71.0 Å². The molecule has 3 atom stereocenters. The Kier molecular flexibility index (Phi) is 11.9. The number of hydrogen-bond acceptors (Lipinski definition) is 6. The number of carbonyl (C=O) groups excluding carboxylic acids is 4. The average molecular weight is 631 g/mol. The predicted molar refractivity (Wildman–Crippen MR) is 180 cm³/mol. The molecule has 0 unspecified atom stereocenters. The monoisotopic (exact) mass is 630 g/mol. The normalized spacial score (nSPS) is 13.3. The first-order valence-electron chi connectivity index (χ1n) is 15.8. The van der Waals surface area contributed by atoms with Crippen LogP contribution in [0.15, 0.2) is 48.5 Å². The molecule has 11 N–H and O–H groups in total. The lowest BCUT2D eigenvalue weighted by molar-refractivity contribution is -0.133. The number of amides is 4. The minimum atomic E-state index is -1.07. The van der Waals surface area contributed by atoms with Crippen molar-refractivity contribution in [2.45, 2.75) is 76.9 Å². The van der Waals surface area contributed by atoms with E-state index < -0.39 is 35.8 Å². The molecule has 2 aromatic heterocycles. The van der Waals surface area contributed by atoms with Crippen LogP contribution in [0.2, 0.25) is 0 Å². The standard InChI is InChI=1S/C34H46N8O4/c1-20-24(22-10-3-5-12-26(22)38-20)18-29(40-31(43)15-9-17-36)33(45)42-30(34(46)41-28(32(37)44)14-7-8-16-35)19-25-21(2)39-27-13-6-4-11-23(25)27/h3-6,10-13,28-30,38-39H,7-9,14-19,35-36H2,1-2H3,(H2,37,44)(H,40,43)(H,41,46)(H,42,45)/t28-,29+,30+/m0/s1. The molecule has 4 rings (SSSR count). The van der Waals surface area contributed by atoms with E-state index in [1.54, 1.807) is 0 Å². The molecular formula is C34H46N8O4. The van der Waals surface area contributed by atoms with Gasteiger partial charge in [0.05, 0.1) is 0 Å². The summed E-state index contributed by atoms with van der Waals surface area (Å²) in [5.41, 5.74) is 22.2. The van der Waals surface area contributed by atoms with E-state index in [1.807, 2.05) is 62.4 Å². The van der Waals surface area contributed by atoms with Crippen molar-refractivity contribution in [3.8, 4) is 0 Å². The van der Waals surface area contributed by atoms with Crippen LogP contribution >= 0.6 is 0 Å². The quantitative estimate of drug-likeness (QED) is 0.0815. The smallest absolute Gasteiger partial charge is 0.243 e. The molecule has 0 bridgehead atoms. The van der Waals surface area contributed by atoms with Crippen molar-refractivity contribution < 1.29 is 19.2 Å². The Morgan fingerprint density at radius 2 is 1.15 bits per heavy atom. The van der Waals surface area contributed by atoms with Gasteiger partial charge in [-0.1, -0.05) is 36.4 Å². The first-order valence-corrected chi connectivity index (χ1v) is 15.8. The van der Waals surface area contributed by atoms with E-state index in [0.717, 1.165) is 44.3 Å². The molecular weight excluding hydrogens is 584 g/mol. The molecule has 0 fully saturated rings. The molecule has 4 aromatic rings. The van der Waals surface area contributed by atoms with Crippen LogP contribution < -0.4 is 33.2 Å². The van der Waals surface area contributed by atoms with Crippen LogP contribution in [0.25, 0.3) is 21.8 Å². The van der Waals surface area contributed by atoms with E-state index in [9.17, 15) is 19.2 Å². The van der Waals surface area contributed by atoms with E-state index in [-0.39, 0.29) is 25.2 Å². The Labute approximate surface area is 268 Å². The number of carbonyl (C=O) groups is 4. The van der Waals surface area contributed by atoms with E-state index in [0.29, 0.717) is 38.8 Å². The van der Waals surface area contributed by atoms with Gasteiger partial charge in [0.25, 0.3) is 0 Å². The van der Waals surface area contributed by atoms with Gasteiger partial charge in [-0.25, -0.2) is 0 Å². The number of aromatic nitrogens is 2. The summed E-state index contributed by atoms with van der Waals surface area (Å²) in [7, 11) is 0. The fourth-order valence-electron chi connectivity index (χ4n) is 5.87. The summed E-state index contributed by atoms with van der Waals surface area (Å²) in [4.78, 5) is 59.8. The summed E-state index contributed by atoms with van der Waals surface area (Å²) >= 11 is 0. The van der Waals surface area contributed by atoms with Crippen LogP contribution in [0.5, 0.6) is 0 Å². The zero-order valence-corrected chi connectivity index (χ0v) is 26.6. The molecule has 0 aliphatic rings. The van der Waals surface area contributed by atoms with Gasteiger partial charge in [-0.15, -0.1) is 0 Å². The Morgan fingerprint density at radius 1 is 0.674 bits per heavy atom. The number of primary amides is 1. The van der Waals surface area contributed by atoms with Gasteiger partial charge in [0.2, 0.25) is 23.6 Å². The molecule has 0 saturated heterocycles. The van der Waals surface area contributed by atoms with Crippen LogP contribution in [0, 0.1) is 13.8 Å². The second-order valence-corrected chi connectivity index (χ2v) is 11.8. The summed E-state index contributed by atoms with van der Waals surface area (Å²) in [6.07, 6.45) is 2.56. The molecule has 2 heterocycles. The molecule has 0 saturated carbocycles.